The van der Waals surface area contributed by atoms with E-state index in [-0.39, 0.29) is 17.9 Å². The molecule has 1 aliphatic rings. The predicted molar refractivity (Wildman–Crippen MR) is 135 cm³/mol. The highest BCUT2D eigenvalue weighted by Gasteiger charge is 2.42. The number of nitrogens with one attached hydrogen (secondary N) is 1. The van der Waals surface area contributed by atoms with E-state index in [1.165, 1.54) is 11.3 Å². The highest BCUT2D eigenvalue weighted by atomic mass is 32.1. The van der Waals surface area contributed by atoms with E-state index < -0.39 is 5.92 Å². The predicted octanol–water partition coefficient (Wildman–Crippen LogP) is 5.00. The van der Waals surface area contributed by atoms with Crippen molar-refractivity contribution < 1.29 is 9.59 Å². The van der Waals surface area contributed by atoms with Crippen molar-refractivity contribution in [3.8, 4) is 0 Å². The molecule has 0 bridgehead atoms. The lowest BCUT2D eigenvalue weighted by molar-refractivity contribution is -0.124. The topological polar surface area (TPSA) is 52.7 Å². The van der Waals surface area contributed by atoms with Gasteiger partial charge in [0.15, 0.2) is 0 Å². The Morgan fingerprint density at radius 2 is 1.94 bits per heavy atom. The molecule has 0 aliphatic carbocycles. The molecule has 0 saturated carbocycles. The molecule has 6 heteroatoms. The van der Waals surface area contributed by atoms with Gasteiger partial charge in [-0.1, -0.05) is 36.4 Å². The summed E-state index contributed by atoms with van der Waals surface area (Å²) < 4.78 is 0. The molecule has 172 valence electrons. The number of carbonyl (C=O) groups is 2. The Bertz CT molecular complexity index is 1110. The lowest BCUT2D eigenvalue weighted by Crippen LogP contribution is -2.45. The summed E-state index contributed by atoms with van der Waals surface area (Å²) in [6.45, 7) is 6.63. The molecule has 0 spiro atoms. The molecule has 2 heterocycles. The van der Waals surface area contributed by atoms with Crippen LogP contribution in [0.4, 0.5) is 5.69 Å². The maximum atomic E-state index is 13.5. The maximum absolute atomic E-state index is 13.5. The summed E-state index contributed by atoms with van der Waals surface area (Å²) in [6, 6.07) is 19.7. The van der Waals surface area contributed by atoms with E-state index in [0.29, 0.717) is 12.1 Å². The molecular formula is C27H31N3O2S. The smallest absolute Gasteiger partial charge is 0.254 e. The fraction of sp³-hybridized carbons (Fsp3) is 0.333. The van der Waals surface area contributed by atoms with Crippen molar-refractivity contribution in [3.05, 3.63) is 87.6 Å². The van der Waals surface area contributed by atoms with E-state index in [1.54, 1.807) is 23.3 Å². The fourth-order valence-corrected chi connectivity index (χ4v) is 5.56. The number of hydrogen-bond donors (Lipinski definition) is 1. The van der Waals surface area contributed by atoms with Crippen LogP contribution >= 0.6 is 11.3 Å². The van der Waals surface area contributed by atoms with Crippen LogP contribution in [0.5, 0.6) is 0 Å². The molecule has 2 aromatic carbocycles. The van der Waals surface area contributed by atoms with Crippen LogP contribution in [0, 0.1) is 6.92 Å². The Balaban J connectivity index is 1.47. The Morgan fingerprint density at radius 3 is 2.67 bits per heavy atom. The van der Waals surface area contributed by atoms with Crippen molar-refractivity contribution in [1.82, 2.24) is 10.2 Å². The number of likely N-dealkylation sites (N-methyl/N-ethyl adjacent to an activating group) is 1. The minimum atomic E-state index is -0.429. The van der Waals surface area contributed by atoms with Crippen molar-refractivity contribution in [2.45, 2.75) is 32.2 Å². The van der Waals surface area contributed by atoms with Crippen LogP contribution in [0.2, 0.25) is 0 Å². The molecule has 2 amide bonds. The van der Waals surface area contributed by atoms with Crippen LogP contribution in [-0.2, 0) is 4.79 Å². The first-order valence-corrected chi connectivity index (χ1v) is 12.4. The highest BCUT2D eigenvalue weighted by molar-refractivity contribution is 7.10. The summed E-state index contributed by atoms with van der Waals surface area (Å²) >= 11 is 1.58. The average molecular weight is 462 g/mol. The molecular weight excluding hydrogens is 430 g/mol. The van der Waals surface area contributed by atoms with Crippen molar-refractivity contribution in [2.75, 3.05) is 31.6 Å². The van der Waals surface area contributed by atoms with Crippen LogP contribution in [0.15, 0.2) is 66.0 Å². The number of rotatable bonds is 8. The maximum Gasteiger partial charge on any atom is 0.254 e. The number of benzene rings is 2. The number of aryl methyl sites for hydroxylation is 1. The van der Waals surface area contributed by atoms with Crippen molar-refractivity contribution in [2.24, 2.45) is 0 Å². The van der Waals surface area contributed by atoms with E-state index >= 15 is 0 Å². The molecule has 0 unspecified atom stereocenters. The van der Waals surface area contributed by atoms with Gasteiger partial charge in [-0.05, 0) is 61.0 Å². The fourth-order valence-electron chi connectivity index (χ4n) is 4.66. The summed E-state index contributed by atoms with van der Waals surface area (Å²) in [5.74, 6) is -0.495. The summed E-state index contributed by atoms with van der Waals surface area (Å²) in [7, 11) is 1.80. The number of carbonyl (C=O) groups excluding carboxylic acids is 2. The minimum absolute atomic E-state index is 0.0289. The number of thiophene rings is 1. The highest BCUT2D eigenvalue weighted by Crippen LogP contribution is 2.43. The van der Waals surface area contributed by atoms with E-state index in [2.05, 4.69) is 48.3 Å². The largest absolute Gasteiger partial charge is 0.372 e. The van der Waals surface area contributed by atoms with Crippen molar-refractivity contribution >= 4 is 28.8 Å². The molecule has 1 aromatic heterocycles. The first kappa shape index (κ1) is 23.1. The third kappa shape index (κ3) is 4.81. The normalized spacial score (nSPS) is 17.5. The number of amides is 2. The number of hydrogen-bond acceptors (Lipinski definition) is 4. The van der Waals surface area contributed by atoms with Gasteiger partial charge in [-0.3, -0.25) is 9.59 Å². The summed E-state index contributed by atoms with van der Waals surface area (Å²) in [6.07, 6.45) is 0.848. The first-order valence-electron chi connectivity index (χ1n) is 11.5. The van der Waals surface area contributed by atoms with Gasteiger partial charge in [0.05, 0.1) is 12.0 Å². The van der Waals surface area contributed by atoms with Gasteiger partial charge in [0.25, 0.3) is 5.91 Å². The van der Waals surface area contributed by atoms with Gasteiger partial charge in [0, 0.05) is 42.8 Å². The lowest BCUT2D eigenvalue weighted by atomic mass is 9.81. The van der Waals surface area contributed by atoms with Gasteiger partial charge < -0.3 is 15.1 Å². The second-order valence-corrected chi connectivity index (χ2v) is 9.48. The molecule has 4 rings (SSSR count). The van der Waals surface area contributed by atoms with Crippen molar-refractivity contribution in [1.29, 1.82) is 0 Å². The molecule has 2 atom stereocenters. The third-order valence-electron chi connectivity index (χ3n) is 6.35. The molecule has 1 aliphatic heterocycles. The zero-order valence-electron chi connectivity index (χ0n) is 19.5. The summed E-state index contributed by atoms with van der Waals surface area (Å²) in [4.78, 5) is 31.6. The number of fused-ring (bicyclic) bond motifs is 1. The molecule has 0 radical (unpaired) electrons. The number of anilines is 1. The SMILES string of the molecule is CCN(CCCNC(=O)[C@H]1c2ccccc2C(=O)N(C)[C@H]1c1cccs1)c1cccc(C)c1. The van der Waals surface area contributed by atoms with Gasteiger partial charge in [-0.15, -0.1) is 11.3 Å². The Hall–Kier alpha value is -3.12. The van der Waals surface area contributed by atoms with Crippen LogP contribution in [0.1, 0.15) is 51.7 Å². The lowest BCUT2D eigenvalue weighted by Gasteiger charge is -2.39. The van der Waals surface area contributed by atoms with Crippen LogP contribution < -0.4 is 10.2 Å². The molecule has 0 fully saturated rings. The van der Waals surface area contributed by atoms with Gasteiger partial charge in [0.2, 0.25) is 5.91 Å². The first-order chi connectivity index (χ1) is 16.0. The van der Waals surface area contributed by atoms with Gasteiger partial charge >= 0.3 is 0 Å². The van der Waals surface area contributed by atoms with Gasteiger partial charge in [-0.2, -0.15) is 0 Å². The molecule has 0 saturated heterocycles. The molecule has 33 heavy (non-hydrogen) atoms. The monoisotopic (exact) mass is 461 g/mol. The summed E-state index contributed by atoms with van der Waals surface area (Å²) in [5.41, 5.74) is 3.88. The minimum Gasteiger partial charge on any atom is -0.372 e. The molecule has 3 aromatic rings. The standard InChI is InChI=1S/C27H31N3O2S/c1-4-30(20-11-7-10-19(2)18-20)16-9-15-28-26(31)24-21-12-5-6-13-22(21)27(32)29(3)25(24)23-14-8-17-33-23/h5-8,10-14,17-18,24-25H,4,9,15-16H2,1-3H3,(H,28,31)/t24-,25-/m0/s1. The average Bonchev–Trinajstić information content (AvgIpc) is 3.35. The number of nitrogens with zero attached hydrogens (tertiary/aromatic N) is 2. The zero-order chi connectivity index (χ0) is 23.4. The molecule has 1 N–H and O–H groups in total. The van der Waals surface area contributed by atoms with Crippen molar-refractivity contribution in [3.63, 3.8) is 0 Å². The quantitative estimate of drug-likeness (QED) is 0.480. The zero-order valence-corrected chi connectivity index (χ0v) is 20.3. The van der Waals surface area contributed by atoms with Crippen LogP contribution in [0.3, 0.4) is 0 Å². The second-order valence-electron chi connectivity index (χ2n) is 8.50. The Morgan fingerprint density at radius 1 is 1.12 bits per heavy atom. The Kier molecular flexibility index (Phi) is 7.14. The van der Waals surface area contributed by atoms with E-state index in [4.69, 9.17) is 0 Å². The van der Waals surface area contributed by atoms with E-state index in [1.807, 2.05) is 41.8 Å². The summed E-state index contributed by atoms with van der Waals surface area (Å²) in [5, 5.41) is 5.16. The van der Waals surface area contributed by atoms with Crippen LogP contribution in [0.25, 0.3) is 0 Å². The second kappa shape index (κ2) is 10.2. The van der Waals surface area contributed by atoms with Gasteiger partial charge in [-0.25, -0.2) is 0 Å². The molecule has 5 nitrogen and oxygen atoms in total. The van der Waals surface area contributed by atoms with E-state index in [9.17, 15) is 9.59 Å². The Labute approximate surface area is 200 Å². The third-order valence-corrected chi connectivity index (χ3v) is 7.29. The van der Waals surface area contributed by atoms with E-state index in [0.717, 1.165) is 30.0 Å². The van der Waals surface area contributed by atoms with Crippen LogP contribution in [-0.4, -0.2) is 43.4 Å². The van der Waals surface area contributed by atoms with Gasteiger partial charge in [0.1, 0.15) is 0 Å².